The molecule has 4 nitrogen and oxygen atoms in total. The van der Waals surface area contributed by atoms with Gasteiger partial charge in [0.1, 0.15) is 0 Å². The van der Waals surface area contributed by atoms with Crippen molar-refractivity contribution >= 4 is 12.6 Å². The summed E-state index contributed by atoms with van der Waals surface area (Å²) in [6, 6.07) is 0. The molecule has 0 aliphatic carbocycles. The summed E-state index contributed by atoms with van der Waals surface area (Å²) in [5.74, 6) is 0.884. The maximum atomic E-state index is 5.39. The van der Waals surface area contributed by atoms with Crippen LogP contribution in [0.4, 0.5) is 0 Å². The minimum Gasteiger partial charge on any atom is -0.403 e. The van der Waals surface area contributed by atoms with Crippen LogP contribution in [0.1, 0.15) is 26.7 Å². The van der Waals surface area contributed by atoms with Crippen LogP contribution in [0.3, 0.4) is 0 Å². The molecule has 5 heteroatoms. The van der Waals surface area contributed by atoms with Crippen LogP contribution in [0, 0.1) is 0 Å². The van der Waals surface area contributed by atoms with Gasteiger partial charge < -0.3 is 21.1 Å². The first-order valence-electron chi connectivity index (χ1n) is 5.77. The summed E-state index contributed by atoms with van der Waals surface area (Å²) in [5, 5.41) is 0. The topological polar surface area (TPSA) is 64.5 Å². The van der Waals surface area contributed by atoms with E-state index in [1.165, 1.54) is 6.20 Å². The molecule has 0 radical (unpaired) electrons. The molecule has 0 heterocycles. The fourth-order valence-corrected chi connectivity index (χ4v) is 1.05. The first-order chi connectivity index (χ1) is 7.76. The molecule has 0 rings (SSSR count). The highest BCUT2D eigenvalue weighted by atomic mass is 32.1. The molecule has 0 saturated carbocycles. The van der Waals surface area contributed by atoms with E-state index >= 15 is 0 Å². The van der Waals surface area contributed by atoms with Crippen molar-refractivity contribution in [2.45, 2.75) is 26.7 Å². The Balaban J connectivity index is 0. The second-order valence-corrected chi connectivity index (χ2v) is 3.56. The Morgan fingerprint density at radius 1 is 1.38 bits per heavy atom. The smallest absolute Gasteiger partial charge is 0.0651 e. The van der Waals surface area contributed by atoms with E-state index in [9.17, 15) is 0 Å². The lowest BCUT2D eigenvalue weighted by molar-refractivity contribution is 0.148. The maximum Gasteiger partial charge on any atom is 0.0651 e. The summed E-state index contributed by atoms with van der Waals surface area (Å²) in [5.41, 5.74) is 10.6. The van der Waals surface area contributed by atoms with Crippen LogP contribution in [0.25, 0.3) is 0 Å². The second kappa shape index (κ2) is 17.0. The summed E-state index contributed by atoms with van der Waals surface area (Å²) in [4.78, 5) is 1.94. The number of thiol groups is 1. The van der Waals surface area contributed by atoms with Gasteiger partial charge in [0.25, 0.3) is 0 Å². The SMILES string of the molecule is CCCOCC.N/C=C\N(CN)CCCS. The normalized spacial score (nSPS) is 10.0. The lowest BCUT2D eigenvalue weighted by atomic mass is 10.4. The highest BCUT2D eigenvalue weighted by molar-refractivity contribution is 7.80. The van der Waals surface area contributed by atoms with Crippen LogP contribution in [-0.4, -0.2) is 37.1 Å². The van der Waals surface area contributed by atoms with Crippen molar-refractivity contribution in [1.29, 1.82) is 0 Å². The van der Waals surface area contributed by atoms with Gasteiger partial charge >= 0.3 is 0 Å². The maximum absolute atomic E-state index is 5.39. The zero-order chi connectivity index (χ0) is 12.6. The molecule has 98 valence electrons. The monoisotopic (exact) mass is 249 g/mol. The molecule has 0 unspecified atom stereocenters. The summed E-state index contributed by atoms with van der Waals surface area (Å²) in [7, 11) is 0. The van der Waals surface area contributed by atoms with E-state index < -0.39 is 0 Å². The number of nitrogens with zero attached hydrogens (tertiary/aromatic N) is 1. The van der Waals surface area contributed by atoms with E-state index in [1.807, 2.05) is 11.8 Å². The number of hydrogen-bond donors (Lipinski definition) is 3. The van der Waals surface area contributed by atoms with Gasteiger partial charge in [-0.1, -0.05) is 6.92 Å². The van der Waals surface area contributed by atoms with E-state index in [4.69, 9.17) is 16.2 Å². The van der Waals surface area contributed by atoms with E-state index in [0.29, 0.717) is 6.67 Å². The Kier molecular flexibility index (Phi) is 19.1. The van der Waals surface area contributed by atoms with E-state index in [2.05, 4.69) is 19.6 Å². The van der Waals surface area contributed by atoms with Crippen LogP contribution in [0.2, 0.25) is 0 Å². The molecule has 0 aromatic rings. The molecule has 0 fully saturated rings. The standard InChI is InChI=1S/C6H15N3S.C5H12O/c7-2-4-9(6-8)3-1-5-10;1-3-5-6-4-2/h2,4,10H,1,3,5-8H2;3-5H2,1-2H3/b4-2-;. The van der Waals surface area contributed by atoms with E-state index in [0.717, 1.165) is 38.4 Å². The van der Waals surface area contributed by atoms with Gasteiger partial charge in [0.05, 0.1) is 6.67 Å². The van der Waals surface area contributed by atoms with Crippen LogP contribution in [0.5, 0.6) is 0 Å². The number of ether oxygens (including phenoxy) is 1. The molecule has 16 heavy (non-hydrogen) atoms. The Morgan fingerprint density at radius 2 is 2.06 bits per heavy atom. The number of hydrogen-bond acceptors (Lipinski definition) is 5. The van der Waals surface area contributed by atoms with Crippen LogP contribution in [0.15, 0.2) is 12.4 Å². The molecule has 0 aromatic heterocycles. The van der Waals surface area contributed by atoms with Crippen molar-refractivity contribution in [3.8, 4) is 0 Å². The van der Waals surface area contributed by atoms with Gasteiger partial charge in [0, 0.05) is 32.2 Å². The second-order valence-electron chi connectivity index (χ2n) is 3.11. The molecule has 0 aromatic carbocycles. The van der Waals surface area contributed by atoms with Gasteiger partial charge in [-0.15, -0.1) is 0 Å². The minimum absolute atomic E-state index is 0.515. The van der Waals surface area contributed by atoms with Crippen molar-refractivity contribution in [3.63, 3.8) is 0 Å². The summed E-state index contributed by atoms with van der Waals surface area (Å²) < 4.78 is 4.98. The third-order valence-corrected chi connectivity index (χ3v) is 2.00. The Hall–Kier alpha value is -0.390. The van der Waals surface area contributed by atoms with Crippen molar-refractivity contribution < 1.29 is 4.74 Å². The Bertz CT molecular complexity index is 141. The molecule has 4 N–H and O–H groups in total. The summed E-state index contributed by atoms with van der Waals surface area (Å²) in [6.45, 7) is 7.32. The fraction of sp³-hybridized carbons (Fsp3) is 0.818. The predicted octanol–water partition coefficient (Wildman–Crippen LogP) is 1.39. The molecule has 0 spiro atoms. The quantitative estimate of drug-likeness (QED) is 0.345. The van der Waals surface area contributed by atoms with Gasteiger partial charge in [0.2, 0.25) is 0 Å². The minimum atomic E-state index is 0.515. The lowest BCUT2D eigenvalue weighted by Gasteiger charge is -2.16. The largest absolute Gasteiger partial charge is 0.403 e. The van der Waals surface area contributed by atoms with Crippen LogP contribution >= 0.6 is 12.6 Å². The van der Waals surface area contributed by atoms with Crippen molar-refractivity contribution in [2.24, 2.45) is 11.5 Å². The average Bonchev–Trinajstić information content (AvgIpc) is 2.32. The molecule has 0 saturated heterocycles. The summed E-state index contributed by atoms with van der Waals surface area (Å²) >= 11 is 4.08. The third kappa shape index (κ3) is 16.1. The molecule has 0 atom stereocenters. The van der Waals surface area contributed by atoms with Gasteiger partial charge in [-0.25, -0.2) is 0 Å². The highest BCUT2D eigenvalue weighted by Crippen LogP contribution is 1.90. The Labute approximate surface area is 105 Å². The first-order valence-corrected chi connectivity index (χ1v) is 6.41. The zero-order valence-corrected chi connectivity index (χ0v) is 11.5. The van der Waals surface area contributed by atoms with Crippen molar-refractivity contribution in [1.82, 2.24) is 4.90 Å². The number of rotatable bonds is 8. The highest BCUT2D eigenvalue weighted by Gasteiger charge is 1.92. The zero-order valence-electron chi connectivity index (χ0n) is 10.6. The van der Waals surface area contributed by atoms with Gasteiger partial charge in [-0.3, -0.25) is 0 Å². The van der Waals surface area contributed by atoms with Crippen molar-refractivity contribution in [3.05, 3.63) is 12.4 Å². The molecule has 0 aliphatic rings. The number of nitrogens with two attached hydrogens (primary N) is 2. The lowest BCUT2D eigenvalue weighted by Crippen LogP contribution is -2.26. The molecule has 0 aliphatic heterocycles. The third-order valence-electron chi connectivity index (χ3n) is 1.69. The summed E-state index contributed by atoms with van der Waals surface area (Å²) in [6.07, 6.45) is 5.44. The van der Waals surface area contributed by atoms with Crippen LogP contribution < -0.4 is 11.5 Å². The Morgan fingerprint density at radius 3 is 2.38 bits per heavy atom. The van der Waals surface area contributed by atoms with E-state index in [-0.39, 0.29) is 0 Å². The van der Waals surface area contributed by atoms with Gasteiger partial charge in [-0.2, -0.15) is 12.6 Å². The predicted molar refractivity (Wildman–Crippen MR) is 74.3 cm³/mol. The van der Waals surface area contributed by atoms with Gasteiger partial charge in [0.15, 0.2) is 0 Å². The fourth-order valence-electron chi connectivity index (χ4n) is 0.911. The van der Waals surface area contributed by atoms with E-state index in [1.54, 1.807) is 6.20 Å². The molecule has 0 bridgehead atoms. The average molecular weight is 249 g/mol. The molecule has 0 amide bonds. The van der Waals surface area contributed by atoms with Crippen molar-refractivity contribution in [2.75, 3.05) is 32.2 Å². The van der Waals surface area contributed by atoms with Gasteiger partial charge in [-0.05, 0) is 25.5 Å². The first kappa shape index (κ1) is 18.0. The molecular formula is C11H27N3OS. The van der Waals surface area contributed by atoms with Crippen LogP contribution in [-0.2, 0) is 4.74 Å². The molecular weight excluding hydrogens is 222 g/mol.